The molecule has 10 heteroatoms. The van der Waals surface area contributed by atoms with Crippen molar-refractivity contribution >= 4 is 6.03 Å². The summed E-state index contributed by atoms with van der Waals surface area (Å²) in [7, 11) is 0. The number of amides is 2. The van der Waals surface area contributed by atoms with Crippen LogP contribution < -0.4 is 0 Å². The third kappa shape index (κ3) is 3.09. The lowest BCUT2D eigenvalue weighted by atomic mass is 9.57. The van der Waals surface area contributed by atoms with Crippen molar-refractivity contribution in [2.45, 2.75) is 67.9 Å². The smallest absolute Gasteiger partial charge is 0.328 e. The number of aromatic amines is 1. The number of urea groups is 1. The highest BCUT2D eigenvalue weighted by atomic mass is 19.4. The van der Waals surface area contributed by atoms with Gasteiger partial charge in [-0.3, -0.25) is 4.98 Å². The summed E-state index contributed by atoms with van der Waals surface area (Å²) in [5.41, 5.74) is -0.484. The van der Waals surface area contributed by atoms with Gasteiger partial charge in [0.15, 0.2) is 0 Å². The molecule has 0 radical (unpaired) electrons. The largest absolute Gasteiger partial charge is 0.399 e. The number of pyridine rings is 1. The highest BCUT2D eigenvalue weighted by Gasteiger charge is 2.65. The maximum atomic E-state index is 13.3. The van der Waals surface area contributed by atoms with Crippen LogP contribution in [0.25, 0.3) is 0 Å². The van der Waals surface area contributed by atoms with Gasteiger partial charge in [0, 0.05) is 55.5 Å². The molecule has 3 saturated carbocycles. The summed E-state index contributed by atoms with van der Waals surface area (Å²) in [4.78, 5) is 24.1. The average Bonchev–Trinajstić information content (AvgIpc) is 3.63. The zero-order valence-corrected chi connectivity index (χ0v) is 18.8. The molecule has 2 aromatic heterocycles. The molecule has 1 spiro atoms. The second-order valence-electron chi connectivity index (χ2n) is 11.3. The van der Waals surface area contributed by atoms with Crippen LogP contribution in [-0.4, -0.2) is 68.4 Å². The minimum Gasteiger partial charge on any atom is -0.328 e. The van der Waals surface area contributed by atoms with Gasteiger partial charge in [-0.15, -0.1) is 10.2 Å². The van der Waals surface area contributed by atoms with Gasteiger partial charge in [-0.2, -0.15) is 13.2 Å². The fraction of sp³-hybridized carbons (Fsp3) is 0.667. The first kappa shape index (κ1) is 20.7. The number of nitrogens with zero attached hydrogens (tertiary/aromatic N) is 5. The van der Waals surface area contributed by atoms with Crippen molar-refractivity contribution in [3.05, 3.63) is 41.2 Å². The van der Waals surface area contributed by atoms with E-state index in [0.29, 0.717) is 24.9 Å². The van der Waals surface area contributed by atoms with Crippen molar-refractivity contribution < 1.29 is 18.0 Å². The molecule has 180 valence electrons. The first-order valence-electron chi connectivity index (χ1n) is 12.2. The summed E-state index contributed by atoms with van der Waals surface area (Å²) in [5.74, 6) is 3.18. The van der Waals surface area contributed by atoms with Crippen molar-refractivity contribution in [2.24, 2.45) is 5.41 Å². The quantitative estimate of drug-likeness (QED) is 0.728. The van der Waals surface area contributed by atoms with Crippen LogP contribution in [-0.2, 0) is 5.41 Å². The first-order chi connectivity index (χ1) is 16.3. The van der Waals surface area contributed by atoms with Crippen LogP contribution in [0.15, 0.2) is 18.3 Å². The Morgan fingerprint density at radius 2 is 1.65 bits per heavy atom. The Kier molecular flexibility index (Phi) is 4.09. The average molecular weight is 473 g/mol. The summed E-state index contributed by atoms with van der Waals surface area (Å²) in [6.45, 7) is 2.78. The number of likely N-dealkylation sites (tertiary alicyclic amines) is 2. The molecule has 4 heterocycles. The number of carbonyl (C=O) groups is 1. The van der Waals surface area contributed by atoms with Crippen LogP contribution in [0, 0.1) is 5.41 Å². The fourth-order valence-corrected chi connectivity index (χ4v) is 6.13. The molecular formula is C24H27F3N6O. The molecule has 1 N–H and O–H groups in total. The zero-order chi connectivity index (χ0) is 23.3. The van der Waals surface area contributed by atoms with E-state index in [0.717, 1.165) is 43.1 Å². The molecule has 0 unspecified atom stereocenters. The number of rotatable bonds is 4. The van der Waals surface area contributed by atoms with Gasteiger partial charge < -0.3 is 14.8 Å². The number of hydrogen-bond donors (Lipinski definition) is 1. The standard InChI is InChI=1S/C24H27F3N6O/c25-24(26,27)23(5-6-23)18-4-3-15(9-28-18)17-10-32(11-17)21(34)33-12-22(13-33)7-16(8-22)20-29-19(30-31-20)14-1-2-14/h3-4,9,14,16-17H,1-2,5-8,10-13H2,(H,29,30,31). The molecular weight excluding hydrogens is 445 g/mol. The predicted octanol–water partition coefficient (Wildman–Crippen LogP) is 4.07. The lowest BCUT2D eigenvalue weighted by molar-refractivity contribution is -0.161. The molecule has 5 aliphatic rings. The zero-order valence-electron chi connectivity index (χ0n) is 18.8. The lowest BCUT2D eigenvalue weighted by Crippen LogP contribution is -2.67. The van der Waals surface area contributed by atoms with Crippen molar-refractivity contribution in [1.29, 1.82) is 0 Å². The van der Waals surface area contributed by atoms with Crippen molar-refractivity contribution in [1.82, 2.24) is 30.0 Å². The second-order valence-corrected chi connectivity index (χ2v) is 11.3. The number of halogens is 3. The van der Waals surface area contributed by atoms with E-state index >= 15 is 0 Å². The fourth-order valence-electron chi connectivity index (χ4n) is 6.13. The molecule has 34 heavy (non-hydrogen) atoms. The van der Waals surface area contributed by atoms with Crippen LogP contribution in [0.1, 0.15) is 79.2 Å². The van der Waals surface area contributed by atoms with E-state index in [-0.39, 0.29) is 35.9 Å². The van der Waals surface area contributed by atoms with E-state index in [1.54, 1.807) is 12.3 Å². The highest BCUT2D eigenvalue weighted by Crippen LogP contribution is 2.58. The molecule has 2 saturated heterocycles. The number of alkyl halides is 3. The molecule has 2 aromatic rings. The van der Waals surface area contributed by atoms with Crippen LogP contribution in [0.3, 0.4) is 0 Å². The first-order valence-corrected chi connectivity index (χ1v) is 12.2. The minimum absolute atomic E-state index is 0.0691. The molecule has 3 aliphatic carbocycles. The van der Waals surface area contributed by atoms with E-state index in [2.05, 4.69) is 20.2 Å². The monoisotopic (exact) mass is 472 g/mol. The number of aromatic nitrogens is 4. The van der Waals surface area contributed by atoms with Crippen molar-refractivity contribution in [3.8, 4) is 0 Å². The second kappa shape index (κ2) is 6.73. The highest BCUT2D eigenvalue weighted by molar-refractivity contribution is 5.77. The number of hydrogen-bond acceptors (Lipinski definition) is 4. The molecule has 0 aromatic carbocycles. The summed E-state index contributed by atoms with van der Waals surface area (Å²) in [5, 5.41) is 8.63. The Morgan fingerprint density at radius 1 is 0.971 bits per heavy atom. The molecule has 0 atom stereocenters. The van der Waals surface area contributed by atoms with E-state index in [4.69, 9.17) is 0 Å². The summed E-state index contributed by atoms with van der Waals surface area (Å²) >= 11 is 0. The number of nitrogens with one attached hydrogen (secondary N) is 1. The topological polar surface area (TPSA) is 78.0 Å². The molecule has 7 nitrogen and oxygen atoms in total. The van der Waals surface area contributed by atoms with Gasteiger partial charge in [0.05, 0.1) is 5.69 Å². The Labute approximate surface area is 195 Å². The molecule has 0 bridgehead atoms. The lowest BCUT2D eigenvalue weighted by Gasteiger charge is -2.59. The van der Waals surface area contributed by atoms with Gasteiger partial charge >= 0.3 is 12.2 Å². The van der Waals surface area contributed by atoms with E-state index in [9.17, 15) is 18.0 Å². The third-order valence-electron chi connectivity index (χ3n) is 8.75. The summed E-state index contributed by atoms with van der Waals surface area (Å²) in [6.07, 6.45) is 2.07. The number of H-pyrrole nitrogens is 1. The normalized spacial score (nSPS) is 25.6. The Bertz CT molecular complexity index is 1120. The Hall–Kier alpha value is -2.65. The van der Waals surface area contributed by atoms with Gasteiger partial charge in [0.25, 0.3) is 0 Å². The number of carbonyl (C=O) groups excluding carboxylic acids is 1. The van der Waals surface area contributed by atoms with Gasteiger partial charge in [-0.1, -0.05) is 6.07 Å². The predicted molar refractivity (Wildman–Crippen MR) is 115 cm³/mol. The SMILES string of the molecule is O=C(N1CC(c2ccc(C3(C(F)(F)F)CC3)nc2)C1)N1CC2(CC(c3nnc(C4CC4)[nH]3)C2)C1. The van der Waals surface area contributed by atoms with Crippen LogP contribution in [0.5, 0.6) is 0 Å². The van der Waals surface area contributed by atoms with E-state index in [1.165, 1.54) is 18.9 Å². The van der Waals surface area contributed by atoms with Gasteiger partial charge in [-0.25, -0.2) is 4.79 Å². The van der Waals surface area contributed by atoms with Crippen LogP contribution in [0.4, 0.5) is 18.0 Å². The van der Waals surface area contributed by atoms with Gasteiger partial charge in [0.2, 0.25) is 0 Å². The molecule has 5 fully saturated rings. The summed E-state index contributed by atoms with van der Waals surface area (Å²) in [6, 6.07) is 3.35. The third-order valence-corrected chi connectivity index (χ3v) is 8.75. The van der Waals surface area contributed by atoms with Gasteiger partial charge in [-0.05, 0) is 50.2 Å². The van der Waals surface area contributed by atoms with E-state index in [1.807, 2.05) is 9.80 Å². The minimum atomic E-state index is -4.25. The molecule has 2 aliphatic heterocycles. The Balaban J connectivity index is 0.893. The summed E-state index contributed by atoms with van der Waals surface area (Å²) < 4.78 is 39.9. The van der Waals surface area contributed by atoms with E-state index < -0.39 is 11.6 Å². The van der Waals surface area contributed by atoms with Gasteiger partial charge in [0.1, 0.15) is 17.1 Å². The molecule has 7 rings (SSSR count). The van der Waals surface area contributed by atoms with Crippen LogP contribution in [0.2, 0.25) is 0 Å². The molecule has 2 amide bonds. The van der Waals surface area contributed by atoms with Crippen LogP contribution >= 0.6 is 0 Å². The Morgan fingerprint density at radius 3 is 2.21 bits per heavy atom. The maximum absolute atomic E-state index is 13.3. The van der Waals surface area contributed by atoms with Crippen molar-refractivity contribution in [3.63, 3.8) is 0 Å². The maximum Gasteiger partial charge on any atom is 0.399 e. The van der Waals surface area contributed by atoms with Crippen molar-refractivity contribution in [2.75, 3.05) is 26.2 Å².